The van der Waals surface area contributed by atoms with Crippen LogP contribution in [0, 0.1) is 0 Å². The minimum Gasteiger partial charge on any atom is -0.508 e. The van der Waals surface area contributed by atoms with Gasteiger partial charge in [-0.3, -0.25) is 0 Å². The molecule has 1 atom stereocenters. The normalized spacial score (nSPS) is 22.6. The predicted molar refractivity (Wildman–Crippen MR) is 52.5 cm³/mol. The molecule has 0 radical (unpaired) electrons. The quantitative estimate of drug-likeness (QED) is 0.568. The lowest BCUT2D eigenvalue weighted by Crippen LogP contribution is -2.22. The van der Waals surface area contributed by atoms with Gasteiger partial charge >= 0.3 is 6.03 Å². The number of urea groups is 1. The Morgan fingerprint density at radius 1 is 1.38 bits per heavy atom. The maximum Gasteiger partial charge on any atom is 0.352 e. The molecule has 1 aliphatic heterocycles. The van der Waals surface area contributed by atoms with E-state index >= 15 is 0 Å². The van der Waals surface area contributed by atoms with Gasteiger partial charge in [0.05, 0.1) is 0 Å². The Balaban J connectivity index is 2.30. The van der Waals surface area contributed by atoms with Gasteiger partial charge in [0.1, 0.15) is 11.4 Å². The third-order valence-electron chi connectivity index (χ3n) is 2.12. The second-order valence-electron chi connectivity index (χ2n) is 3.25. The van der Waals surface area contributed by atoms with Gasteiger partial charge in [-0.05, 0) is 23.8 Å². The molecule has 0 bridgehead atoms. The van der Waals surface area contributed by atoms with Crippen molar-refractivity contribution in [2.24, 2.45) is 0 Å². The van der Waals surface area contributed by atoms with Crippen LogP contribution in [-0.2, 0) is 0 Å². The fourth-order valence-corrected chi connectivity index (χ4v) is 1.33. The lowest BCUT2D eigenvalue weighted by molar-refractivity contribution is 0.117. The fraction of sp³-hybridized carbons (Fsp3) is 0.100. The Labute approximate surface area is 89.7 Å². The number of alkyl halides is 1. The van der Waals surface area contributed by atoms with Crippen molar-refractivity contribution in [2.75, 3.05) is 0 Å². The Morgan fingerprint density at radius 3 is 2.50 bits per heavy atom. The van der Waals surface area contributed by atoms with E-state index < -0.39 is 18.0 Å². The summed E-state index contributed by atoms with van der Waals surface area (Å²) in [5.41, 5.74) is 0.0743. The molecule has 1 aromatic rings. The fourth-order valence-electron chi connectivity index (χ4n) is 1.33. The molecule has 0 saturated carbocycles. The van der Waals surface area contributed by atoms with Crippen LogP contribution in [0.1, 0.15) is 5.56 Å². The van der Waals surface area contributed by atoms with Crippen molar-refractivity contribution in [3.63, 3.8) is 0 Å². The number of aromatic hydroxyl groups is 1. The first kappa shape index (κ1) is 10.4. The van der Waals surface area contributed by atoms with Gasteiger partial charge in [-0.25, -0.2) is 9.18 Å². The van der Waals surface area contributed by atoms with Crippen LogP contribution in [0.3, 0.4) is 0 Å². The van der Waals surface area contributed by atoms with Crippen molar-refractivity contribution in [1.29, 1.82) is 0 Å². The maximum absolute atomic E-state index is 13.1. The van der Waals surface area contributed by atoms with E-state index in [-0.39, 0.29) is 10.9 Å². The molecule has 2 N–H and O–H groups in total. The summed E-state index contributed by atoms with van der Waals surface area (Å²) in [7, 11) is 0. The summed E-state index contributed by atoms with van der Waals surface area (Å²) in [6.45, 7) is 0. The average Bonchev–Trinajstić information content (AvgIpc) is 2.48. The number of benzene rings is 1. The number of halogens is 2. The van der Waals surface area contributed by atoms with E-state index in [1.807, 2.05) is 0 Å². The molecule has 0 aromatic heterocycles. The summed E-state index contributed by atoms with van der Waals surface area (Å²) in [5.74, 6) is 0.0525. The van der Waals surface area contributed by atoms with Crippen LogP contribution in [0.5, 0.6) is 5.75 Å². The molecule has 84 valence electrons. The Kier molecular flexibility index (Phi) is 2.47. The summed E-state index contributed by atoms with van der Waals surface area (Å²) in [6, 6.07) is 4.59. The first-order chi connectivity index (χ1) is 7.58. The van der Waals surface area contributed by atoms with Gasteiger partial charge in [0.15, 0.2) is 0 Å². The third kappa shape index (κ3) is 1.81. The number of nitrogens with one attached hydrogen (secondary N) is 1. The molecule has 1 saturated heterocycles. The molecule has 0 aliphatic carbocycles. The molecule has 1 heterocycles. The number of hydrogen-bond donors (Lipinski definition) is 2. The van der Waals surface area contributed by atoms with Crippen LogP contribution >= 0.6 is 0 Å². The number of amides is 2. The van der Waals surface area contributed by atoms with Gasteiger partial charge in [-0.1, -0.05) is 16.6 Å². The van der Waals surface area contributed by atoms with E-state index in [1.54, 1.807) is 5.32 Å². The molecule has 1 unspecified atom stereocenters. The minimum atomic E-state index is -1.86. The van der Waals surface area contributed by atoms with Gasteiger partial charge in [0, 0.05) is 0 Å². The number of nitrogens with zero attached hydrogens (tertiary/aromatic N) is 1. The summed E-state index contributed by atoms with van der Waals surface area (Å²) in [6.07, 6.45) is -0.673. The smallest absolute Gasteiger partial charge is 0.352 e. The summed E-state index contributed by atoms with van der Waals surface area (Å²) >= 11 is 0. The van der Waals surface area contributed by atoms with E-state index in [4.69, 9.17) is 5.11 Å². The topological polar surface area (TPSA) is 52.6 Å². The van der Waals surface area contributed by atoms with Crippen LogP contribution in [0.4, 0.5) is 13.7 Å². The zero-order valence-electron chi connectivity index (χ0n) is 8.02. The highest BCUT2D eigenvalue weighted by molar-refractivity contribution is 5.81. The standard InChI is InChI=1S/C10H8F2N2O2/c11-9-8(14(12)10(16)13-9)5-6-1-3-7(15)4-2-6/h1-5,9,15H,(H,13,16). The van der Waals surface area contributed by atoms with E-state index in [0.29, 0.717) is 5.56 Å². The lowest BCUT2D eigenvalue weighted by Gasteiger charge is -2.04. The third-order valence-corrected chi connectivity index (χ3v) is 2.12. The molecule has 2 rings (SSSR count). The Hall–Kier alpha value is -2.11. The molecular formula is C10H8F2N2O2. The average molecular weight is 226 g/mol. The van der Waals surface area contributed by atoms with Crippen LogP contribution < -0.4 is 5.32 Å². The molecular weight excluding hydrogens is 218 g/mol. The Bertz CT molecular complexity index is 445. The van der Waals surface area contributed by atoms with E-state index in [0.717, 1.165) is 0 Å². The number of phenols is 1. The van der Waals surface area contributed by atoms with Crippen LogP contribution in [0.15, 0.2) is 30.0 Å². The van der Waals surface area contributed by atoms with Crippen molar-refractivity contribution < 1.29 is 18.8 Å². The van der Waals surface area contributed by atoms with Crippen molar-refractivity contribution in [3.8, 4) is 5.75 Å². The molecule has 1 fully saturated rings. The Morgan fingerprint density at radius 2 is 2.00 bits per heavy atom. The number of hydrogen-bond acceptors (Lipinski definition) is 2. The maximum atomic E-state index is 13.1. The van der Waals surface area contributed by atoms with E-state index in [1.165, 1.54) is 30.3 Å². The van der Waals surface area contributed by atoms with Gasteiger partial charge in [0.2, 0.25) is 6.30 Å². The van der Waals surface area contributed by atoms with Gasteiger partial charge < -0.3 is 10.4 Å². The highest BCUT2D eigenvalue weighted by Crippen LogP contribution is 2.22. The molecule has 4 nitrogen and oxygen atoms in total. The second-order valence-corrected chi connectivity index (χ2v) is 3.25. The first-order valence-electron chi connectivity index (χ1n) is 4.49. The van der Waals surface area contributed by atoms with Crippen molar-refractivity contribution in [3.05, 3.63) is 35.5 Å². The molecule has 6 heteroatoms. The highest BCUT2D eigenvalue weighted by atomic mass is 19.2. The largest absolute Gasteiger partial charge is 0.508 e. The van der Waals surface area contributed by atoms with Gasteiger partial charge in [-0.15, -0.1) is 5.12 Å². The minimum absolute atomic E-state index is 0.0525. The zero-order chi connectivity index (χ0) is 11.7. The van der Waals surface area contributed by atoms with Crippen LogP contribution in [0.25, 0.3) is 6.08 Å². The number of carbonyl (C=O) groups is 1. The number of carbonyl (C=O) groups excluding carboxylic acids is 1. The molecule has 2 amide bonds. The lowest BCUT2D eigenvalue weighted by atomic mass is 10.2. The predicted octanol–water partition coefficient (Wildman–Crippen LogP) is 1.94. The number of phenolic OH excluding ortho intramolecular Hbond substituents is 1. The molecule has 0 spiro atoms. The van der Waals surface area contributed by atoms with E-state index in [9.17, 15) is 13.7 Å². The molecule has 16 heavy (non-hydrogen) atoms. The zero-order valence-corrected chi connectivity index (χ0v) is 8.02. The SMILES string of the molecule is O=C1NC(F)C(=Cc2ccc(O)cc2)N1F. The molecule has 1 aromatic carbocycles. The van der Waals surface area contributed by atoms with Crippen molar-refractivity contribution >= 4 is 12.1 Å². The van der Waals surface area contributed by atoms with Crippen molar-refractivity contribution in [1.82, 2.24) is 10.4 Å². The monoisotopic (exact) mass is 226 g/mol. The summed E-state index contributed by atoms with van der Waals surface area (Å²) in [4.78, 5) is 10.8. The van der Waals surface area contributed by atoms with Crippen LogP contribution in [-0.4, -0.2) is 22.6 Å². The van der Waals surface area contributed by atoms with Crippen LogP contribution in [0.2, 0.25) is 0 Å². The summed E-state index contributed by atoms with van der Waals surface area (Å²) in [5, 5.41) is 10.5. The van der Waals surface area contributed by atoms with Gasteiger partial charge in [-0.2, -0.15) is 0 Å². The summed E-state index contributed by atoms with van der Waals surface area (Å²) < 4.78 is 26.2. The van der Waals surface area contributed by atoms with E-state index in [2.05, 4.69) is 0 Å². The second kappa shape index (κ2) is 3.80. The van der Waals surface area contributed by atoms with Gasteiger partial charge in [0.25, 0.3) is 0 Å². The van der Waals surface area contributed by atoms with Crippen molar-refractivity contribution in [2.45, 2.75) is 6.30 Å². The first-order valence-corrected chi connectivity index (χ1v) is 4.49. The highest BCUT2D eigenvalue weighted by Gasteiger charge is 2.34. The number of rotatable bonds is 1. The molecule has 1 aliphatic rings.